The molecule has 0 unspecified atom stereocenters. The van der Waals surface area contributed by atoms with Gasteiger partial charge in [0.05, 0.1) is 12.4 Å². The summed E-state index contributed by atoms with van der Waals surface area (Å²) in [6, 6.07) is 6.13. The topological polar surface area (TPSA) is 64.3 Å². The summed E-state index contributed by atoms with van der Waals surface area (Å²) in [6.07, 6.45) is 2.75. The van der Waals surface area contributed by atoms with Crippen molar-refractivity contribution in [1.82, 2.24) is 9.78 Å². The molecule has 0 radical (unpaired) electrons. The van der Waals surface area contributed by atoms with Crippen LogP contribution >= 0.6 is 0 Å². The lowest BCUT2D eigenvalue weighted by Crippen LogP contribution is -2.08. The first kappa shape index (κ1) is 11.1. The third-order valence-corrected chi connectivity index (χ3v) is 2.02. The summed E-state index contributed by atoms with van der Waals surface area (Å²) in [7, 11) is 0. The Bertz CT molecular complexity index is 539. The zero-order valence-electron chi connectivity index (χ0n) is 8.71. The molecule has 5 nitrogen and oxygen atoms in total. The maximum Gasteiger partial charge on any atom is 0.341 e. The summed E-state index contributed by atoms with van der Waals surface area (Å²) in [6.45, 7) is -0.455. The minimum absolute atomic E-state index is 0.274. The standard InChI is InChI=1S/C11H9FN2O3/c12-9-3-1-2-4-10(9)14-6-8(5-13-14)17-7-11(15)16/h1-6H,7H2,(H,15,16). The number of hydrogen-bond acceptors (Lipinski definition) is 3. The fourth-order valence-corrected chi connectivity index (χ4v) is 1.30. The molecule has 88 valence electrons. The first-order valence-corrected chi connectivity index (χ1v) is 4.81. The Balaban J connectivity index is 2.18. The van der Waals surface area contributed by atoms with Crippen LogP contribution < -0.4 is 4.74 Å². The molecule has 0 saturated carbocycles. The second-order valence-corrected chi connectivity index (χ2v) is 3.25. The molecular formula is C11H9FN2O3. The highest BCUT2D eigenvalue weighted by Gasteiger charge is 2.07. The van der Waals surface area contributed by atoms with Crippen LogP contribution in [0.1, 0.15) is 0 Å². The SMILES string of the molecule is O=C(O)COc1cnn(-c2ccccc2F)c1. The molecule has 2 rings (SSSR count). The largest absolute Gasteiger partial charge is 0.479 e. The summed E-state index contributed by atoms with van der Waals surface area (Å²) in [5.41, 5.74) is 0.276. The molecule has 1 aromatic heterocycles. The highest BCUT2D eigenvalue weighted by Crippen LogP contribution is 2.15. The van der Waals surface area contributed by atoms with Crippen LogP contribution in [0.3, 0.4) is 0 Å². The van der Waals surface area contributed by atoms with Crippen LogP contribution in [0.4, 0.5) is 4.39 Å². The molecule has 1 aromatic carbocycles. The van der Waals surface area contributed by atoms with Crippen LogP contribution in [0.15, 0.2) is 36.7 Å². The number of aromatic nitrogens is 2. The van der Waals surface area contributed by atoms with Crippen molar-refractivity contribution in [2.24, 2.45) is 0 Å². The van der Waals surface area contributed by atoms with Gasteiger partial charge in [-0.3, -0.25) is 0 Å². The number of rotatable bonds is 4. The monoisotopic (exact) mass is 236 g/mol. The molecule has 1 heterocycles. The molecule has 17 heavy (non-hydrogen) atoms. The number of carboxylic acids is 1. The van der Waals surface area contributed by atoms with Gasteiger partial charge in [-0.15, -0.1) is 0 Å². The van der Waals surface area contributed by atoms with Crippen molar-refractivity contribution >= 4 is 5.97 Å². The number of ether oxygens (including phenoxy) is 1. The van der Waals surface area contributed by atoms with Crippen LogP contribution in [0.5, 0.6) is 5.75 Å². The van der Waals surface area contributed by atoms with Gasteiger partial charge in [0.2, 0.25) is 0 Å². The van der Waals surface area contributed by atoms with Crippen molar-refractivity contribution in [3.63, 3.8) is 0 Å². The Morgan fingerprint density at radius 3 is 2.94 bits per heavy atom. The van der Waals surface area contributed by atoms with Crippen LogP contribution in [-0.4, -0.2) is 27.5 Å². The highest BCUT2D eigenvalue weighted by atomic mass is 19.1. The van der Waals surface area contributed by atoms with E-state index in [4.69, 9.17) is 9.84 Å². The Morgan fingerprint density at radius 1 is 1.47 bits per heavy atom. The fourth-order valence-electron chi connectivity index (χ4n) is 1.30. The van der Waals surface area contributed by atoms with Gasteiger partial charge < -0.3 is 9.84 Å². The van der Waals surface area contributed by atoms with Gasteiger partial charge in [0.15, 0.2) is 12.4 Å². The Kier molecular flexibility index (Phi) is 3.04. The Labute approximate surface area is 96.1 Å². The van der Waals surface area contributed by atoms with E-state index < -0.39 is 18.4 Å². The second-order valence-electron chi connectivity index (χ2n) is 3.25. The lowest BCUT2D eigenvalue weighted by atomic mass is 10.3. The van der Waals surface area contributed by atoms with E-state index in [1.54, 1.807) is 18.2 Å². The summed E-state index contributed by atoms with van der Waals surface area (Å²) in [5, 5.41) is 12.3. The van der Waals surface area contributed by atoms with Gasteiger partial charge in [-0.25, -0.2) is 13.9 Å². The Hall–Kier alpha value is -2.37. The van der Waals surface area contributed by atoms with E-state index in [1.165, 1.54) is 23.1 Å². The molecule has 0 atom stereocenters. The maximum atomic E-state index is 13.4. The average molecular weight is 236 g/mol. The smallest absolute Gasteiger partial charge is 0.341 e. The van der Waals surface area contributed by atoms with Gasteiger partial charge in [-0.1, -0.05) is 12.1 Å². The summed E-state index contributed by atoms with van der Waals surface area (Å²) in [4.78, 5) is 10.3. The number of carboxylic acid groups (broad SMARTS) is 1. The maximum absolute atomic E-state index is 13.4. The van der Waals surface area contributed by atoms with E-state index >= 15 is 0 Å². The number of carbonyl (C=O) groups is 1. The molecule has 0 aliphatic rings. The van der Waals surface area contributed by atoms with Crippen molar-refractivity contribution in [3.05, 3.63) is 42.5 Å². The van der Waals surface area contributed by atoms with Gasteiger partial charge in [-0.05, 0) is 12.1 Å². The molecular weight excluding hydrogens is 227 g/mol. The summed E-state index contributed by atoms with van der Waals surface area (Å²) >= 11 is 0. The van der Waals surface area contributed by atoms with Gasteiger partial charge in [0.1, 0.15) is 11.5 Å². The van der Waals surface area contributed by atoms with E-state index in [0.29, 0.717) is 0 Å². The first-order valence-electron chi connectivity index (χ1n) is 4.81. The third-order valence-electron chi connectivity index (χ3n) is 2.02. The van der Waals surface area contributed by atoms with Gasteiger partial charge in [0, 0.05) is 0 Å². The van der Waals surface area contributed by atoms with Crippen molar-refractivity contribution in [3.8, 4) is 11.4 Å². The number of halogens is 1. The lowest BCUT2D eigenvalue weighted by molar-refractivity contribution is -0.139. The average Bonchev–Trinajstić information content (AvgIpc) is 2.75. The molecule has 0 aliphatic heterocycles. The second kappa shape index (κ2) is 4.65. The van der Waals surface area contributed by atoms with E-state index in [1.807, 2.05) is 0 Å². The van der Waals surface area contributed by atoms with Crippen molar-refractivity contribution in [2.45, 2.75) is 0 Å². The molecule has 2 aromatic rings. The molecule has 0 bridgehead atoms. The van der Waals surface area contributed by atoms with E-state index in [-0.39, 0.29) is 11.4 Å². The zero-order chi connectivity index (χ0) is 12.3. The number of benzene rings is 1. The van der Waals surface area contributed by atoms with Crippen molar-refractivity contribution in [2.75, 3.05) is 6.61 Å². The third kappa shape index (κ3) is 2.60. The van der Waals surface area contributed by atoms with E-state index in [2.05, 4.69) is 5.10 Å². The fraction of sp³-hybridized carbons (Fsp3) is 0.0909. The van der Waals surface area contributed by atoms with Crippen LogP contribution in [0.2, 0.25) is 0 Å². The number of nitrogens with zero attached hydrogens (tertiary/aromatic N) is 2. The minimum Gasteiger partial charge on any atom is -0.479 e. The summed E-state index contributed by atoms with van der Waals surface area (Å²) in [5.74, 6) is -1.22. The predicted octanol–water partition coefficient (Wildman–Crippen LogP) is 1.47. The first-order chi connectivity index (χ1) is 8.16. The molecule has 0 spiro atoms. The molecule has 0 amide bonds. The van der Waals surface area contributed by atoms with Gasteiger partial charge in [-0.2, -0.15) is 5.10 Å². The summed E-state index contributed by atoms with van der Waals surface area (Å²) < 4.78 is 19.6. The minimum atomic E-state index is -1.08. The van der Waals surface area contributed by atoms with Crippen LogP contribution in [-0.2, 0) is 4.79 Å². The van der Waals surface area contributed by atoms with Crippen molar-refractivity contribution < 1.29 is 19.0 Å². The van der Waals surface area contributed by atoms with E-state index in [9.17, 15) is 9.18 Å². The molecule has 0 aliphatic carbocycles. The van der Waals surface area contributed by atoms with Gasteiger partial charge >= 0.3 is 5.97 Å². The Morgan fingerprint density at radius 2 is 2.24 bits per heavy atom. The number of para-hydroxylation sites is 1. The quantitative estimate of drug-likeness (QED) is 0.873. The lowest BCUT2D eigenvalue weighted by Gasteiger charge is -2.01. The van der Waals surface area contributed by atoms with Crippen LogP contribution in [0, 0.1) is 5.82 Å². The molecule has 0 saturated heterocycles. The van der Waals surface area contributed by atoms with E-state index in [0.717, 1.165) is 0 Å². The number of aliphatic carboxylic acids is 1. The zero-order valence-corrected chi connectivity index (χ0v) is 8.71. The van der Waals surface area contributed by atoms with Gasteiger partial charge in [0.25, 0.3) is 0 Å². The highest BCUT2D eigenvalue weighted by molar-refractivity contribution is 5.68. The van der Waals surface area contributed by atoms with Crippen molar-refractivity contribution in [1.29, 1.82) is 0 Å². The normalized spacial score (nSPS) is 10.2. The predicted molar refractivity (Wildman–Crippen MR) is 56.7 cm³/mol. The molecule has 0 fully saturated rings. The molecule has 1 N–H and O–H groups in total. The molecule has 6 heteroatoms. The van der Waals surface area contributed by atoms with Crippen LogP contribution in [0.25, 0.3) is 5.69 Å². The number of hydrogen-bond donors (Lipinski definition) is 1.